The number of esters is 1. The molecule has 2 atom stereocenters. The summed E-state index contributed by atoms with van der Waals surface area (Å²) in [6, 6.07) is 1.61. The number of rotatable bonds is 2. The molecule has 1 aliphatic heterocycles. The lowest BCUT2D eigenvalue weighted by Gasteiger charge is -2.21. The molecule has 0 radical (unpaired) electrons. The molecule has 102 valence electrons. The number of hydrogen-bond donors (Lipinski definition) is 1. The van der Waals surface area contributed by atoms with Gasteiger partial charge in [-0.25, -0.2) is 9.59 Å². The second-order valence-corrected chi connectivity index (χ2v) is 4.23. The van der Waals surface area contributed by atoms with E-state index in [2.05, 4.69) is 9.15 Å². The monoisotopic (exact) mass is 267 g/mol. The maximum absolute atomic E-state index is 12.2. The van der Waals surface area contributed by atoms with E-state index in [9.17, 15) is 19.5 Å². The Kier molecular flexibility index (Phi) is 3.66. The average Bonchev–Trinajstić information content (AvgIpc) is 2.80. The van der Waals surface area contributed by atoms with Gasteiger partial charge >= 0.3 is 11.6 Å². The Morgan fingerprint density at radius 1 is 1.47 bits per heavy atom. The minimum atomic E-state index is -0.820. The Hall–Kier alpha value is -2.15. The highest BCUT2D eigenvalue weighted by atomic mass is 16.5. The fraction of sp³-hybridized carbons (Fsp3) is 0.417. The molecule has 7 heteroatoms. The van der Waals surface area contributed by atoms with Gasteiger partial charge in [-0.2, -0.15) is 0 Å². The van der Waals surface area contributed by atoms with Gasteiger partial charge in [0.25, 0.3) is 5.91 Å². The van der Waals surface area contributed by atoms with E-state index in [4.69, 9.17) is 0 Å². The SMILES string of the molecule is COC(=O)C1CC(O)CN1C(=O)c1ccc(=O)oc1. The first-order valence-corrected chi connectivity index (χ1v) is 5.68. The molecule has 0 spiro atoms. The van der Waals surface area contributed by atoms with Gasteiger partial charge in [-0.05, 0) is 6.07 Å². The number of β-amino-alcohol motifs (C(OH)–C–C–N with tert-alkyl or cyclic N) is 1. The van der Waals surface area contributed by atoms with Crippen molar-refractivity contribution in [1.29, 1.82) is 0 Å². The number of methoxy groups -OCH3 is 1. The smallest absolute Gasteiger partial charge is 0.335 e. The largest absolute Gasteiger partial charge is 0.467 e. The molecule has 2 rings (SSSR count). The fourth-order valence-electron chi connectivity index (χ4n) is 2.04. The minimum absolute atomic E-state index is 0.0394. The minimum Gasteiger partial charge on any atom is -0.467 e. The van der Waals surface area contributed by atoms with Crippen molar-refractivity contribution < 1.29 is 23.8 Å². The van der Waals surface area contributed by atoms with Gasteiger partial charge in [0.2, 0.25) is 0 Å². The molecule has 1 N–H and O–H groups in total. The first kappa shape index (κ1) is 13.3. The third-order valence-corrected chi connectivity index (χ3v) is 2.96. The molecular weight excluding hydrogens is 254 g/mol. The first-order chi connectivity index (χ1) is 9.02. The van der Waals surface area contributed by atoms with Crippen LogP contribution in [0.2, 0.25) is 0 Å². The van der Waals surface area contributed by atoms with E-state index in [0.717, 1.165) is 12.3 Å². The standard InChI is InChI=1S/C12H13NO6/c1-18-12(17)9-4-8(14)5-13(9)11(16)7-2-3-10(15)19-6-7/h2-3,6,8-9,14H,4-5H2,1H3. The molecule has 0 saturated carbocycles. The van der Waals surface area contributed by atoms with Gasteiger partial charge in [-0.15, -0.1) is 0 Å². The highest BCUT2D eigenvalue weighted by molar-refractivity contribution is 5.96. The molecule has 1 fully saturated rings. The predicted octanol–water partition coefficient (Wildman–Crippen LogP) is -0.612. The van der Waals surface area contributed by atoms with Crippen LogP contribution in [0.3, 0.4) is 0 Å². The quantitative estimate of drug-likeness (QED) is 0.718. The Balaban J connectivity index is 2.23. The van der Waals surface area contributed by atoms with Crippen molar-refractivity contribution in [2.45, 2.75) is 18.6 Å². The number of carbonyl (C=O) groups excluding carboxylic acids is 2. The van der Waals surface area contributed by atoms with Gasteiger partial charge in [0.1, 0.15) is 12.3 Å². The second-order valence-electron chi connectivity index (χ2n) is 4.23. The number of ether oxygens (including phenoxy) is 1. The van der Waals surface area contributed by atoms with Crippen molar-refractivity contribution in [3.05, 3.63) is 34.4 Å². The molecule has 1 amide bonds. The number of nitrogens with zero attached hydrogens (tertiary/aromatic N) is 1. The number of amides is 1. The maximum atomic E-state index is 12.2. The number of hydrogen-bond acceptors (Lipinski definition) is 6. The molecule has 1 aromatic heterocycles. The van der Waals surface area contributed by atoms with Gasteiger partial charge in [-0.3, -0.25) is 4.79 Å². The van der Waals surface area contributed by atoms with Crippen LogP contribution in [0.15, 0.2) is 27.6 Å². The molecule has 1 saturated heterocycles. The zero-order valence-electron chi connectivity index (χ0n) is 10.2. The van der Waals surface area contributed by atoms with Crippen molar-refractivity contribution in [2.75, 3.05) is 13.7 Å². The van der Waals surface area contributed by atoms with E-state index in [1.807, 2.05) is 0 Å². The fourth-order valence-corrected chi connectivity index (χ4v) is 2.04. The Morgan fingerprint density at radius 3 is 2.79 bits per heavy atom. The summed E-state index contributed by atoms with van der Waals surface area (Å²) in [7, 11) is 1.22. The van der Waals surface area contributed by atoms with Gasteiger partial charge in [-0.1, -0.05) is 0 Å². The van der Waals surface area contributed by atoms with E-state index in [-0.39, 0.29) is 18.5 Å². The molecule has 1 aliphatic rings. The normalized spacial score (nSPS) is 22.3. The second kappa shape index (κ2) is 5.23. The molecule has 0 aromatic carbocycles. The first-order valence-electron chi connectivity index (χ1n) is 5.68. The van der Waals surface area contributed by atoms with E-state index < -0.39 is 29.6 Å². The van der Waals surface area contributed by atoms with Crippen molar-refractivity contribution in [3.8, 4) is 0 Å². The van der Waals surface area contributed by atoms with E-state index in [0.29, 0.717) is 0 Å². The average molecular weight is 267 g/mol. The molecule has 2 heterocycles. The van der Waals surface area contributed by atoms with Crippen LogP contribution in [-0.2, 0) is 9.53 Å². The zero-order chi connectivity index (χ0) is 14.0. The Morgan fingerprint density at radius 2 is 2.21 bits per heavy atom. The van der Waals surface area contributed by atoms with Crippen molar-refractivity contribution in [1.82, 2.24) is 4.90 Å². The van der Waals surface area contributed by atoms with Crippen LogP contribution in [-0.4, -0.2) is 47.7 Å². The summed E-state index contributed by atoms with van der Waals surface area (Å²) in [5.41, 5.74) is -0.426. The van der Waals surface area contributed by atoms with Crippen molar-refractivity contribution >= 4 is 11.9 Å². The lowest BCUT2D eigenvalue weighted by molar-refractivity contribution is -0.145. The van der Waals surface area contributed by atoms with Crippen LogP contribution in [0.25, 0.3) is 0 Å². The third-order valence-electron chi connectivity index (χ3n) is 2.96. The highest BCUT2D eigenvalue weighted by Crippen LogP contribution is 2.21. The van der Waals surface area contributed by atoms with E-state index in [1.165, 1.54) is 18.1 Å². The van der Waals surface area contributed by atoms with Crippen LogP contribution in [0, 0.1) is 0 Å². The van der Waals surface area contributed by atoms with Crippen LogP contribution < -0.4 is 5.63 Å². The Labute approximate surface area is 108 Å². The van der Waals surface area contributed by atoms with Crippen LogP contribution in [0.4, 0.5) is 0 Å². The summed E-state index contributed by atoms with van der Waals surface area (Å²) in [5, 5.41) is 9.58. The predicted molar refractivity (Wildman–Crippen MR) is 62.4 cm³/mol. The number of carbonyl (C=O) groups is 2. The number of likely N-dealkylation sites (tertiary alicyclic amines) is 1. The molecule has 7 nitrogen and oxygen atoms in total. The third kappa shape index (κ3) is 2.65. The topological polar surface area (TPSA) is 97.0 Å². The van der Waals surface area contributed by atoms with Gasteiger partial charge in [0.15, 0.2) is 0 Å². The van der Waals surface area contributed by atoms with Crippen LogP contribution >= 0.6 is 0 Å². The molecule has 2 unspecified atom stereocenters. The van der Waals surface area contributed by atoms with Gasteiger partial charge < -0.3 is 19.2 Å². The summed E-state index contributed by atoms with van der Waals surface area (Å²) < 4.78 is 9.21. The van der Waals surface area contributed by atoms with Gasteiger partial charge in [0, 0.05) is 19.0 Å². The van der Waals surface area contributed by atoms with Gasteiger partial charge in [0.05, 0.1) is 18.8 Å². The summed E-state index contributed by atoms with van der Waals surface area (Å²) in [6.45, 7) is 0.0394. The summed E-state index contributed by atoms with van der Waals surface area (Å²) in [6.07, 6.45) is 0.391. The van der Waals surface area contributed by atoms with Crippen LogP contribution in [0.5, 0.6) is 0 Å². The highest BCUT2D eigenvalue weighted by Gasteiger charge is 2.40. The number of aliphatic hydroxyl groups excluding tert-OH is 1. The molecule has 19 heavy (non-hydrogen) atoms. The van der Waals surface area contributed by atoms with E-state index in [1.54, 1.807) is 0 Å². The van der Waals surface area contributed by atoms with Crippen LogP contribution in [0.1, 0.15) is 16.8 Å². The lowest BCUT2D eigenvalue weighted by atomic mass is 10.2. The maximum Gasteiger partial charge on any atom is 0.335 e. The van der Waals surface area contributed by atoms with Crippen molar-refractivity contribution in [2.24, 2.45) is 0 Å². The molecule has 0 aliphatic carbocycles. The lowest BCUT2D eigenvalue weighted by Crippen LogP contribution is -2.41. The summed E-state index contributed by atoms with van der Waals surface area (Å²) in [5.74, 6) is -1.07. The number of aliphatic hydroxyl groups is 1. The molecule has 0 bridgehead atoms. The zero-order valence-corrected chi connectivity index (χ0v) is 10.2. The Bertz CT molecular complexity index is 531. The molecule has 1 aromatic rings. The summed E-state index contributed by atoms with van der Waals surface area (Å²) in [4.78, 5) is 35.8. The van der Waals surface area contributed by atoms with E-state index >= 15 is 0 Å². The van der Waals surface area contributed by atoms with Crippen molar-refractivity contribution in [3.63, 3.8) is 0 Å². The molecular formula is C12H13NO6. The summed E-state index contributed by atoms with van der Waals surface area (Å²) >= 11 is 0.